The Morgan fingerprint density at radius 1 is 0.895 bits per heavy atom. The molecule has 0 aliphatic carbocycles. The van der Waals surface area contributed by atoms with Gasteiger partial charge < -0.3 is 0 Å². The van der Waals surface area contributed by atoms with E-state index in [-0.39, 0.29) is 16.7 Å². The summed E-state index contributed by atoms with van der Waals surface area (Å²) in [6.07, 6.45) is 0. The SMILES string of the molecule is Cc1ccc(C(=O)SCC(=O)c2ccccc2)cc1. The van der Waals surface area contributed by atoms with Crippen LogP contribution in [0.1, 0.15) is 26.3 Å². The minimum absolute atomic E-state index is 0.0222. The molecule has 3 heteroatoms. The number of carbonyl (C=O) groups excluding carboxylic acids is 2. The third kappa shape index (κ3) is 3.80. The summed E-state index contributed by atoms with van der Waals surface area (Å²) in [5.41, 5.74) is 2.39. The van der Waals surface area contributed by atoms with Gasteiger partial charge in [0, 0.05) is 11.1 Å². The van der Waals surface area contributed by atoms with Gasteiger partial charge in [-0.15, -0.1) is 0 Å². The first kappa shape index (κ1) is 13.6. The van der Waals surface area contributed by atoms with Gasteiger partial charge in [-0.3, -0.25) is 9.59 Å². The number of ketones is 1. The minimum Gasteiger partial charge on any atom is -0.293 e. The summed E-state index contributed by atoms with van der Waals surface area (Å²) in [7, 11) is 0. The zero-order valence-corrected chi connectivity index (χ0v) is 11.4. The van der Waals surface area contributed by atoms with Crippen molar-refractivity contribution in [3.8, 4) is 0 Å². The molecule has 0 aromatic heterocycles. The fourth-order valence-electron chi connectivity index (χ4n) is 1.61. The molecule has 0 saturated heterocycles. The highest BCUT2D eigenvalue weighted by Crippen LogP contribution is 2.15. The molecule has 0 unspecified atom stereocenters. The van der Waals surface area contributed by atoms with Gasteiger partial charge in [-0.05, 0) is 6.92 Å². The lowest BCUT2D eigenvalue weighted by Crippen LogP contribution is -2.05. The van der Waals surface area contributed by atoms with Gasteiger partial charge in [0.15, 0.2) is 5.78 Å². The topological polar surface area (TPSA) is 34.1 Å². The van der Waals surface area contributed by atoms with Crippen LogP contribution in [0.3, 0.4) is 0 Å². The first-order valence-corrected chi connectivity index (χ1v) is 6.97. The third-order valence-electron chi connectivity index (χ3n) is 2.72. The summed E-state index contributed by atoms with van der Waals surface area (Å²) >= 11 is 1.05. The van der Waals surface area contributed by atoms with Crippen LogP contribution in [0.2, 0.25) is 0 Å². The van der Waals surface area contributed by atoms with Crippen LogP contribution in [-0.4, -0.2) is 16.7 Å². The maximum absolute atomic E-state index is 11.9. The van der Waals surface area contributed by atoms with E-state index in [2.05, 4.69) is 0 Å². The fourth-order valence-corrected chi connectivity index (χ4v) is 2.34. The highest BCUT2D eigenvalue weighted by molar-refractivity contribution is 8.14. The third-order valence-corrected chi connectivity index (χ3v) is 3.62. The number of benzene rings is 2. The Labute approximate surface area is 116 Å². The zero-order valence-electron chi connectivity index (χ0n) is 10.6. The number of thioether (sulfide) groups is 1. The Balaban J connectivity index is 1.94. The summed E-state index contributed by atoms with van der Waals surface area (Å²) < 4.78 is 0. The Bertz CT molecular complexity index is 573. The molecule has 2 nitrogen and oxygen atoms in total. The minimum atomic E-state index is -0.0655. The van der Waals surface area contributed by atoms with Gasteiger partial charge in [0.1, 0.15) is 0 Å². The van der Waals surface area contributed by atoms with Crippen LogP contribution in [-0.2, 0) is 0 Å². The molecule has 2 aromatic carbocycles. The quantitative estimate of drug-likeness (QED) is 0.793. The Morgan fingerprint density at radius 2 is 1.53 bits per heavy atom. The van der Waals surface area contributed by atoms with Crippen molar-refractivity contribution in [2.45, 2.75) is 6.92 Å². The molecular formula is C16H14O2S. The normalized spacial score (nSPS) is 10.2. The molecular weight excluding hydrogens is 256 g/mol. The van der Waals surface area contributed by atoms with Gasteiger partial charge in [-0.2, -0.15) is 0 Å². The average molecular weight is 270 g/mol. The largest absolute Gasteiger partial charge is 0.293 e. The number of carbonyl (C=O) groups is 2. The van der Waals surface area contributed by atoms with E-state index in [1.165, 1.54) is 0 Å². The standard InChI is InChI=1S/C16H14O2S/c1-12-7-9-14(10-8-12)16(18)19-11-15(17)13-5-3-2-4-6-13/h2-10H,11H2,1H3. The Morgan fingerprint density at radius 3 is 2.16 bits per heavy atom. The fraction of sp³-hybridized carbons (Fsp3) is 0.125. The lowest BCUT2D eigenvalue weighted by Gasteiger charge is -2.01. The summed E-state index contributed by atoms with van der Waals surface area (Å²) in [5, 5.41) is -0.0655. The van der Waals surface area contributed by atoms with Gasteiger partial charge >= 0.3 is 0 Å². The van der Waals surface area contributed by atoms with Crippen molar-refractivity contribution in [2.75, 3.05) is 5.75 Å². The molecule has 2 rings (SSSR count). The van der Waals surface area contributed by atoms with Crippen LogP contribution in [0.5, 0.6) is 0 Å². The molecule has 0 aliphatic heterocycles. The van der Waals surface area contributed by atoms with Crippen LogP contribution in [0.25, 0.3) is 0 Å². The molecule has 0 spiro atoms. The smallest absolute Gasteiger partial charge is 0.219 e. The number of hydrogen-bond donors (Lipinski definition) is 0. The van der Waals surface area contributed by atoms with Crippen molar-refractivity contribution >= 4 is 22.7 Å². The van der Waals surface area contributed by atoms with E-state index < -0.39 is 0 Å². The predicted octanol–water partition coefficient (Wildman–Crippen LogP) is 3.75. The molecule has 0 aliphatic rings. The summed E-state index contributed by atoms with van der Waals surface area (Å²) in [6, 6.07) is 16.4. The second-order valence-corrected chi connectivity index (χ2v) is 5.18. The van der Waals surface area contributed by atoms with Gasteiger partial charge in [0.25, 0.3) is 0 Å². The first-order chi connectivity index (χ1) is 9.16. The van der Waals surface area contributed by atoms with Gasteiger partial charge in [-0.1, -0.05) is 71.9 Å². The highest BCUT2D eigenvalue weighted by Gasteiger charge is 2.11. The number of rotatable bonds is 4. The molecule has 0 saturated carbocycles. The summed E-state index contributed by atoms with van der Waals surface area (Å²) in [6.45, 7) is 1.97. The molecule has 0 atom stereocenters. The first-order valence-electron chi connectivity index (χ1n) is 5.99. The molecule has 2 aromatic rings. The lowest BCUT2D eigenvalue weighted by molar-refractivity contribution is 0.101. The Hall–Kier alpha value is -1.87. The van der Waals surface area contributed by atoms with Crippen LogP contribution in [0.4, 0.5) is 0 Å². The maximum Gasteiger partial charge on any atom is 0.219 e. The monoisotopic (exact) mass is 270 g/mol. The van der Waals surface area contributed by atoms with Gasteiger partial charge in [0.05, 0.1) is 5.75 Å². The molecule has 0 N–H and O–H groups in total. The molecule has 96 valence electrons. The number of aryl methyl sites for hydroxylation is 1. The van der Waals surface area contributed by atoms with Gasteiger partial charge in [0.2, 0.25) is 5.12 Å². The van der Waals surface area contributed by atoms with Gasteiger partial charge in [-0.25, -0.2) is 0 Å². The lowest BCUT2D eigenvalue weighted by atomic mass is 10.2. The van der Waals surface area contributed by atoms with E-state index in [1.807, 2.05) is 37.3 Å². The zero-order chi connectivity index (χ0) is 13.7. The van der Waals surface area contributed by atoms with E-state index in [4.69, 9.17) is 0 Å². The molecule has 0 radical (unpaired) electrons. The van der Waals surface area contributed by atoms with Crippen molar-refractivity contribution in [3.05, 3.63) is 71.3 Å². The van der Waals surface area contributed by atoms with Crippen LogP contribution >= 0.6 is 11.8 Å². The van der Waals surface area contributed by atoms with Crippen molar-refractivity contribution in [1.29, 1.82) is 0 Å². The van der Waals surface area contributed by atoms with E-state index in [0.717, 1.165) is 17.3 Å². The van der Waals surface area contributed by atoms with E-state index in [1.54, 1.807) is 24.3 Å². The van der Waals surface area contributed by atoms with Crippen LogP contribution in [0, 0.1) is 6.92 Å². The van der Waals surface area contributed by atoms with E-state index in [0.29, 0.717) is 11.1 Å². The highest BCUT2D eigenvalue weighted by atomic mass is 32.2. The van der Waals surface area contributed by atoms with Crippen LogP contribution in [0.15, 0.2) is 54.6 Å². The van der Waals surface area contributed by atoms with E-state index >= 15 is 0 Å². The average Bonchev–Trinajstić information content (AvgIpc) is 2.46. The van der Waals surface area contributed by atoms with E-state index in [9.17, 15) is 9.59 Å². The maximum atomic E-state index is 11.9. The Kier molecular flexibility index (Phi) is 4.53. The van der Waals surface area contributed by atoms with Crippen LogP contribution < -0.4 is 0 Å². The van der Waals surface area contributed by atoms with Crippen molar-refractivity contribution in [1.82, 2.24) is 0 Å². The molecule has 0 amide bonds. The van der Waals surface area contributed by atoms with Crippen molar-refractivity contribution in [3.63, 3.8) is 0 Å². The second-order valence-electron chi connectivity index (χ2n) is 4.23. The summed E-state index contributed by atoms with van der Waals surface area (Å²) in [5.74, 6) is 0.155. The number of hydrogen-bond acceptors (Lipinski definition) is 3. The van der Waals surface area contributed by atoms with Crippen molar-refractivity contribution < 1.29 is 9.59 Å². The predicted molar refractivity (Wildman–Crippen MR) is 78.7 cm³/mol. The molecule has 0 fully saturated rings. The second kappa shape index (κ2) is 6.34. The van der Waals surface area contributed by atoms with Crippen molar-refractivity contribution in [2.24, 2.45) is 0 Å². The molecule has 19 heavy (non-hydrogen) atoms. The number of Topliss-reactive ketones (excluding diaryl/α,β-unsaturated/α-hetero) is 1. The molecule has 0 heterocycles. The molecule has 0 bridgehead atoms. The summed E-state index contributed by atoms with van der Waals surface area (Å²) in [4.78, 5) is 23.8.